The lowest BCUT2D eigenvalue weighted by Gasteiger charge is -2.21. The number of nitrogens with two attached hydrogens (primary N) is 1. The van der Waals surface area contributed by atoms with Gasteiger partial charge in [0.2, 0.25) is 0 Å². The molecule has 0 atom stereocenters. The fourth-order valence-electron chi connectivity index (χ4n) is 2.46. The zero-order valence-corrected chi connectivity index (χ0v) is 14.0. The van der Waals surface area contributed by atoms with Crippen LogP contribution in [0.25, 0.3) is 10.9 Å². The van der Waals surface area contributed by atoms with Gasteiger partial charge in [0.25, 0.3) is 0 Å². The third-order valence-electron chi connectivity index (χ3n) is 3.21. The highest BCUT2D eigenvalue weighted by Crippen LogP contribution is 2.36. The maximum Gasteiger partial charge on any atom is 0.358 e. The zero-order valence-electron chi connectivity index (χ0n) is 13.3. The molecular weight excluding hydrogens is 304 g/mol. The molecule has 2 N–H and O–H groups in total. The van der Waals surface area contributed by atoms with E-state index in [0.717, 1.165) is 10.9 Å². The van der Waals surface area contributed by atoms with Crippen LogP contribution in [-0.2, 0) is 11.3 Å². The molecule has 0 unspecified atom stereocenters. The number of ether oxygens (including phenoxy) is 2. The van der Waals surface area contributed by atoms with Crippen LogP contribution in [-0.4, -0.2) is 29.8 Å². The Morgan fingerprint density at radius 2 is 2.09 bits per heavy atom. The molecule has 2 rings (SSSR count). The molecule has 0 amide bonds. The van der Waals surface area contributed by atoms with Gasteiger partial charge < -0.3 is 19.8 Å². The molecule has 1 heterocycles. The lowest BCUT2D eigenvalue weighted by molar-refractivity contribution is 0.0583. The summed E-state index contributed by atoms with van der Waals surface area (Å²) in [5.74, 6) is 0.0242. The Balaban J connectivity index is 2.80. The largest absolute Gasteiger partial charge is 0.491 e. The quantitative estimate of drug-likeness (QED) is 0.858. The van der Waals surface area contributed by atoms with Gasteiger partial charge >= 0.3 is 5.97 Å². The fraction of sp³-hybridized carbons (Fsp3) is 0.438. The van der Waals surface area contributed by atoms with Crippen LogP contribution in [0.3, 0.4) is 0 Å². The van der Waals surface area contributed by atoms with Crippen molar-refractivity contribution in [1.29, 1.82) is 0 Å². The third-order valence-corrected chi connectivity index (χ3v) is 3.45. The number of halogens is 1. The van der Waals surface area contributed by atoms with Gasteiger partial charge in [0, 0.05) is 22.5 Å². The van der Waals surface area contributed by atoms with Crippen LogP contribution in [0.15, 0.2) is 18.2 Å². The van der Waals surface area contributed by atoms with Gasteiger partial charge in [0.15, 0.2) is 11.4 Å². The van der Waals surface area contributed by atoms with Crippen molar-refractivity contribution in [3.05, 3.63) is 28.9 Å². The predicted molar refractivity (Wildman–Crippen MR) is 87.7 cm³/mol. The van der Waals surface area contributed by atoms with Gasteiger partial charge in [0.1, 0.15) is 0 Å². The maximum atomic E-state index is 12.3. The van der Waals surface area contributed by atoms with E-state index in [1.807, 2.05) is 31.4 Å². The molecule has 0 radical (unpaired) electrons. The Morgan fingerprint density at radius 1 is 1.41 bits per heavy atom. The smallest absolute Gasteiger partial charge is 0.358 e. The second-order valence-electron chi connectivity index (χ2n) is 5.84. The molecule has 0 bridgehead atoms. The molecule has 120 valence electrons. The first kappa shape index (κ1) is 16.6. The zero-order chi connectivity index (χ0) is 16.5. The molecule has 0 spiro atoms. The standard InChI is InChI=1S/C16H21ClN2O3/c1-5-22-14-11-8-10(17)6-7-12(11)19(9-16(2,3)18)13(14)15(20)21-4/h6-8H,5,9,18H2,1-4H3. The molecular formula is C16H21ClN2O3. The molecule has 0 saturated carbocycles. The first-order valence-corrected chi connectivity index (χ1v) is 7.48. The second-order valence-corrected chi connectivity index (χ2v) is 6.27. The van der Waals surface area contributed by atoms with E-state index in [1.54, 1.807) is 12.1 Å². The van der Waals surface area contributed by atoms with Crippen molar-refractivity contribution in [1.82, 2.24) is 4.57 Å². The van der Waals surface area contributed by atoms with Crippen molar-refractivity contribution in [2.75, 3.05) is 13.7 Å². The monoisotopic (exact) mass is 324 g/mol. The fourth-order valence-corrected chi connectivity index (χ4v) is 2.63. The van der Waals surface area contributed by atoms with Crippen molar-refractivity contribution >= 4 is 28.5 Å². The summed E-state index contributed by atoms with van der Waals surface area (Å²) in [5.41, 5.74) is 6.84. The lowest BCUT2D eigenvalue weighted by Crippen LogP contribution is -2.37. The van der Waals surface area contributed by atoms with E-state index in [9.17, 15) is 4.79 Å². The van der Waals surface area contributed by atoms with Crippen LogP contribution >= 0.6 is 11.6 Å². The number of benzene rings is 1. The Hall–Kier alpha value is -1.72. The van der Waals surface area contributed by atoms with Gasteiger partial charge in [-0.3, -0.25) is 0 Å². The van der Waals surface area contributed by atoms with Gasteiger partial charge in [-0.15, -0.1) is 0 Å². The minimum atomic E-state index is -0.502. The Labute approximate surface area is 134 Å². The Bertz CT molecular complexity index is 701. The second kappa shape index (κ2) is 6.18. The van der Waals surface area contributed by atoms with Gasteiger partial charge in [-0.05, 0) is 39.0 Å². The average molecular weight is 325 g/mol. The van der Waals surface area contributed by atoms with Gasteiger partial charge in [-0.2, -0.15) is 0 Å². The molecule has 1 aromatic heterocycles. The minimum absolute atomic E-state index is 0.361. The first-order chi connectivity index (χ1) is 10.3. The average Bonchev–Trinajstić information content (AvgIpc) is 2.70. The van der Waals surface area contributed by atoms with E-state index in [0.29, 0.717) is 29.6 Å². The summed E-state index contributed by atoms with van der Waals surface area (Å²) in [5, 5.41) is 1.35. The lowest BCUT2D eigenvalue weighted by atomic mass is 10.1. The van der Waals surface area contributed by atoms with Crippen LogP contribution in [0.5, 0.6) is 5.75 Å². The van der Waals surface area contributed by atoms with Crippen molar-refractivity contribution in [3.8, 4) is 5.75 Å². The number of carbonyl (C=O) groups excluding carboxylic acids is 1. The van der Waals surface area contributed by atoms with Gasteiger partial charge in [-0.1, -0.05) is 11.6 Å². The molecule has 5 nitrogen and oxygen atoms in total. The third kappa shape index (κ3) is 3.20. The van der Waals surface area contributed by atoms with E-state index in [1.165, 1.54) is 7.11 Å². The summed E-state index contributed by atoms with van der Waals surface area (Å²) in [6.07, 6.45) is 0. The molecule has 0 fully saturated rings. The SMILES string of the molecule is CCOc1c(C(=O)OC)n(CC(C)(C)N)c2ccc(Cl)cc12. The summed E-state index contributed by atoms with van der Waals surface area (Å²) >= 11 is 6.09. The highest BCUT2D eigenvalue weighted by Gasteiger charge is 2.27. The van der Waals surface area contributed by atoms with Crippen molar-refractivity contribution in [2.24, 2.45) is 5.73 Å². The molecule has 0 aliphatic rings. The Morgan fingerprint density at radius 3 is 2.64 bits per heavy atom. The normalized spacial score (nSPS) is 11.7. The van der Waals surface area contributed by atoms with E-state index < -0.39 is 11.5 Å². The van der Waals surface area contributed by atoms with E-state index >= 15 is 0 Å². The number of methoxy groups -OCH3 is 1. The van der Waals surface area contributed by atoms with Crippen molar-refractivity contribution in [3.63, 3.8) is 0 Å². The minimum Gasteiger partial charge on any atom is -0.491 e. The number of rotatable bonds is 5. The summed E-state index contributed by atoms with van der Waals surface area (Å²) in [6.45, 7) is 6.54. The number of hydrogen-bond acceptors (Lipinski definition) is 4. The van der Waals surface area contributed by atoms with E-state index in [4.69, 9.17) is 26.8 Å². The van der Waals surface area contributed by atoms with Crippen LogP contribution in [0.1, 0.15) is 31.3 Å². The number of nitrogens with zero attached hydrogens (tertiary/aromatic N) is 1. The van der Waals surface area contributed by atoms with E-state index in [2.05, 4.69) is 0 Å². The van der Waals surface area contributed by atoms with Gasteiger partial charge in [-0.25, -0.2) is 4.79 Å². The molecule has 22 heavy (non-hydrogen) atoms. The van der Waals surface area contributed by atoms with Crippen molar-refractivity contribution in [2.45, 2.75) is 32.9 Å². The van der Waals surface area contributed by atoms with Crippen LogP contribution in [0, 0.1) is 0 Å². The van der Waals surface area contributed by atoms with Crippen LogP contribution in [0.2, 0.25) is 5.02 Å². The first-order valence-electron chi connectivity index (χ1n) is 7.10. The topological polar surface area (TPSA) is 66.5 Å². The number of hydrogen-bond donors (Lipinski definition) is 1. The summed E-state index contributed by atoms with van der Waals surface area (Å²) < 4.78 is 12.5. The molecule has 0 aliphatic heterocycles. The number of esters is 1. The maximum absolute atomic E-state index is 12.3. The van der Waals surface area contributed by atoms with E-state index in [-0.39, 0.29) is 0 Å². The summed E-state index contributed by atoms with van der Waals surface area (Å²) in [4.78, 5) is 12.3. The number of carbonyl (C=O) groups is 1. The van der Waals surface area contributed by atoms with Crippen LogP contribution in [0.4, 0.5) is 0 Å². The summed E-state index contributed by atoms with van der Waals surface area (Å²) in [6, 6.07) is 5.42. The van der Waals surface area contributed by atoms with Crippen LogP contribution < -0.4 is 10.5 Å². The molecule has 2 aromatic rings. The predicted octanol–water partition coefficient (Wildman–Crippen LogP) is 3.22. The highest BCUT2D eigenvalue weighted by atomic mass is 35.5. The van der Waals surface area contributed by atoms with Gasteiger partial charge in [0.05, 0.1) is 19.2 Å². The molecule has 0 aliphatic carbocycles. The molecule has 0 saturated heterocycles. The highest BCUT2D eigenvalue weighted by molar-refractivity contribution is 6.31. The van der Waals surface area contributed by atoms with Crippen molar-refractivity contribution < 1.29 is 14.3 Å². The molecule has 1 aromatic carbocycles. The number of fused-ring (bicyclic) bond motifs is 1. The Kier molecular flexibility index (Phi) is 4.68. The molecule has 6 heteroatoms. The number of aromatic nitrogens is 1. The summed E-state index contributed by atoms with van der Waals surface area (Å²) in [7, 11) is 1.35.